The summed E-state index contributed by atoms with van der Waals surface area (Å²) in [5.41, 5.74) is 0. The van der Waals surface area contributed by atoms with Crippen molar-refractivity contribution >= 4 is 0 Å². The van der Waals surface area contributed by atoms with Gasteiger partial charge in [-0.15, -0.1) is 0 Å². The summed E-state index contributed by atoms with van der Waals surface area (Å²) in [5.74, 6) is 1.38. The van der Waals surface area contributed by atoms with Gasteiger partial charge >= 0.3 is 0 Å². The normalized spacial score (nSPS) is 28.2. The molecule has 0 radical (unpaired) electrons. The molecule has 0 saturated carbocycles. The molecule has 1 aromatic rings. The highest BCUT2D eigenvalue weighted by Crippen LogP contribution is 2.12. The van der Waals surface area contributed by atoms with Gasteiger partial charge in [0.25, 0.3) is 0 Å². The summed E-state index contributed by atoms with van der Waals surface area (Å²) in [7, 11) is 0. The lowest BCUT2D eigenvalue weighted by Crippen LogP contribution is -2.44. The summed E-state index contributed by atoms with van der Waals surface area (Å²) in [6.45, 7) is 8.58. The van der Waals surface area contributed by atoms with Gasteiger partial charge in [-0.25, -0.2) is 0 Å². The number of rotatable bonds is 2. The number of hydrogen-bond donors (Lipinski definition) is 0. The molecule has 2 atom stereocenters. The Morgan fingerprint density at radius 3 is 2.53 bits per heavy atom. The second kappa shape index (κ2) is 4.28. The van der Waals surface area contributed by atoms with Crippen molar-refractivity contribution in [2.75, 3.05) is 13.1 Å². The van der Waals surface area contributed by atoms with Crippen LogP contribution >= 0.6 is 0 Å². The fraction of sp³-hybridized carbons (Fsp3) is 0.800. The Morgan fingerprint density at radius 1 is 1.33 bits per heavy atom. The molecule has 0 spiro atoms. The highest BCUT2D eigenvalue weighted by molar-refractivity contribution is 4.85. The maximum atomic E-state index is 5.65. The van der Waals surface area contributed by atoms with Crippen LogP contribution in [-0.4, -0.2) is 40.3 Å². The first kappa shape index (κ1) is 10.6. The molecule has 1 aliphatic heterocycles. The second-order valence-corrected chi connectivity index (χ2v) is 4.18. The molecule has 2 rings (SSSR count). The number of ether oxygens (including phenoxy) is 1. The van der Waals surface area contributed by atoms with Gasteiger partial charge in [-0.2, -0.15) is 4.98 Å². The summed E-state index contributed by atoms with van der Waals surface area (Å²) in [6, 6.07) is 0. The summed E-state index contributed by atoms with van der Waals surface area (Å²) < 4.78 is 10.6. The van der Waals surface area contributed by atoms with Crippen LogP contribution in [0.2, 0.25) is 0 Å². The molecule has 0 aliphatic carbocycles. The van der Waals surface area contributed by atoms with Gasteiger partial charge in [0.05, 0.1) is 18.8 Å². The predicted octanol–water partition coefficient (Wildman–Crippen LogP) is 0.987. The maximum Gasteiger partial charge on any atom is 0.223 e. The van der Waals surface area contributed by atoms with E-state index in [9.17, 15) is 0 Å². The van der Waals surface area contributed by atoms with E-state index in [1.54, 1.807) is 6.92 Å². The van der Waals surface area contributed by atoms with Crippen LogP contribution in [-0.2, 0) is 11.3 Å². The van der Waals surface area contributed by atoms with Crippen LogP contribution in [0.1, 0.15) is 25.6 Å². The summed E-state index contributed by atoms with van der Waals surface area (Å²) >= 11 is 0. The maximum absolute atomic E-state index is 5.65. The minimum absolute atomic E-state index is 0.279. The molecule has 2 unspecified atom stereocenters. The molecule has 0 aromatic carbocycles. The molecule has 1 aliphatic rings. The van der Waals surface area contributed by atoms with E-state index in [1.165, 1.54) is 0 Å². The predicted molar refractivity (Wildman–Crippen MR) is 54.3 cm³/mol. The molecule has 0 amide bonds. The van der Waals surface area contributed by atoms with E-state index in [4.69, 9.17) is 9.26 Å². The molecule has 1 aromatic heterocycles. The van der Waals surface area contributed by atoms with Crippen molar-refractivity contribution in [2.24, 2.45) is 0 Å². The first-order valence-electron chi connectivity index (χ1n) is 5.30. The van der Waals surface area contributed by atoms with E-state index in [0.717, 1.165) is 25.5 Å². The van der Waals surface area contributed by atoms with Crippen molar-refractivity contribution in [3.8, 4) is 0 Å². The first-order valence-corrected chi connectivity index (χ1v) is 5.30. The number of nitrogens with zero attached hydrogens (tertiary/aromatic N) is 3. The number of aryl methyl sites for hydroxylation is 1. The van der Waals surface area contributed by atoms with Gasteiger partial charge in [0.1, 0.15) is 0 Å². The van der Waals surface area contributed by atoms with Crippen molar-refractivity contribution < 1.29 is 9.26 Å². The molecule has 5 heteroatoms. The van der Waals surface area contributed by atoms with Crippen molar-refractivity contribution in [3.05, 3.63) is 11.7 Å². The van der Waals surface area contributed by atoms with Crippen LogP contribution in [0, 0.1) is 6.92 Å². The Morgan fingerprint density at radius 2 is 2.00 bits per heavy atom. The molecule has 0 bridgehead atoms. The lowest BCUT2D eigenvalue weighted by atomic mass is 10.2. The average Bonchev–Trinajstić information content (AvgIpc) is 2.49. The second-order valence-electron chi connectivity index (χ2n) is 4.18. The smallest absolute Gasteiger partial charge is 0.223 e. The summed E-state index contributed by atoms with van der Waals surface area (Å²) in [5, 5.41) is 3.89. The highest BCUT2D eigenvalue weighted by atomic mass is 16.5. The van der Waals surface area contributed by atoms with Gasteiger partial charge in [0.15, 0.2) is 5.82 Å². The molecule has 2 heterocycles. The topological polar surface area (TPSA) is 51.4 Å². The Kier molecular flexibility index (Phi) is 3.02. The molecular weight excluding hydrogens is 194 g/mol. The Hall–Kier alpha value is -0.940. The van der Waals surface area contributed by atoms with Crippen LogP contribution in [0.25, 0.3) is 0 Å². The van der Waals surface area contributed by atoms with E-state index in [1.807, 2.05) is 0 Å². The third kappa shape index (κ3) is 2.76. The molecule has 84 valence electrons. The largest absolute Gasteiger partial charge is 0.373 e. The van der Waals surface area contributed by atoms with Gasteiger partial charge in [-0.1, -0.05) is 5.16 Å². The lowest BCUT2D eigenvalue weighted by Gasteiger charge is -2.34. The number of aromatic nitrogens is 2. The molecule has 5 nitrogen and oxygen atoms in total. The standard InChI is InChI=1S/C10H17N3O2/c1-7-4-13(5-8(2)14-7)6-10-11-9(3)15-12-10/h7-8H,4-6H2,1-3H3. The number of morpholine rings is 1. The average molecular weight is 211 g/mol. The van der Waals surface area contributed by atoms with Crippen LogP contribution in [0.15, 0.2) is 4.52 Å². The van der Waals surface area contributed by atoms with Crippen LogP contribution in [0.4, 0.5) is 0 Å². The Balaban J connectivity index is 1.94. The van der Waals surface area contributed by atoms with Crippen molar-refractivity contribution in [3.63, 3.8) is 0 Å². The first-order chi connectivity index (χ1) is 7.13. The highest BCUT2D eigenvalue weighted by Gasteiger charge is 2.23. The van der Waals surface area contributed by atoms with Gasteiger partial charge in [0, 0.05) is 20.0 Å². The molecule has 1 fully saturated rings. The van der Waals surface area contributed by atoms with Gasteiger partial charge in [-0.3, -0.25) is 4.90 Å². The van der Waals surface area contributed by atoms with Crippen molar-refractivity contribution in [1.29, 1.82) is 0 Å². The zero-order valence-corrected chi connectivity index (χ0v) is 9.43. The molecule has 1 saturated heterocycles. The Labute approximate surface area is 89.4 Å². The van der Waals surface area contributed by atoms with Crippen LogP contribution < -0.4 is 0 Å². The minimum Gasteiger partial charge on any atom is -0.373 e. The zero-order valence-electron chi connectivity index (χ0n) is 9.43. The Bertz CT molecular complexity index is 316. The monoisotopic (exact) mass is 211 g/mol. The summed E-state index contributed by atoms with van der Waals surface area (Å²) in [6.07, 6.45) is 0.559. The van der Waals surface area contributed by atoms with Gasteiger partial charge in [-0.05, 0) is 13.8 Å². The van der Waals surface area contributed by atoms with E-state index < -0.39 is 0 Å². The van der Waals surface area contributed by atoms with Crippen LogP contribution in [0.3, 0.4) is 0 Å². The molecular formula is C10H17N3O2. The third-order valence-corrected chi connectivity index (χ3v) is 2.43. The fourth-order valence-corrected chi connectivity index (χ4v) is 2.02. The third-order valence-electron chi connectivity index (χ3n) is 2.43. The molecule has 0 N–H and O–H groups in total. The fourth-order valence-electron chi connectivity index (χ4n) is 2.02. The SMILES string of the molecule is Cc1nc(CN2CC(C)OC(C)C2)no1. The van der Waals surface area contributed by atoms with Crippen molar-refractivity contribution in [1.82, 2.24) is 15.0 Å². The summed E-state index contributed by atoms with van der Waals surface area (Å²) in [4.78, 5) is 6.49. The van der Waals surface area contributed by atoms with E-state index >= 15 is 0 Å². The number of hydrogen-bond acceptors (Lipinski definition) is 5. The lowest BCUT2D eigenvalue weighted by molar-refractivity contribution is -0.0711. The van der Waals surface area contributed by atoms with E-state index in [-0.39, 0.29) is 12.2 Å². The van der Waals surface area contributed by atoms with Gasteiger partial charge in [0.2, 0.25) is 5.89 Å². The minimum atomic E-state index is 0.279. The van der Waals surface area contributed by atoms with E-state index in [2.05, 4.69) is 28.9 Å². The van der Waals surface area contributed by atoms with Crippen LogP contribution in [0.5, 0.6) is 0 Å². The van der Waals surface area contributed by atoms with E-state index in [0.29, 0.717) is 5.89 Å². The zero-order chi connectivity index (χ0) is 10.8. The molecule has 15 heavy (non-hydrogen) atoms. The quantitative estimate of drug-likeness (QED) is 0.730. The van der Waals surface area contributed by atoms with Crippen molar-refractivity contribution in [2.45, 2.75) is 39.5 Å². The van der Waals surface area contributed by atoms with Gasteiger partial charge < -0.3 is 9.26 Å².